The van der Waals surface area contributed by atoms with Crippen molar-refractivity contribution in [3.05, 3.63) is 95.1 Å². The fourth-order valence-electron chi connectivity index (χ4n) is 6.62. The Morgan fingerprint density at radius 3 is 1.11 bits per heavy atom. The summed E-state index contributed by atoms with van der Waals surface area (Å²) in [6, 6.07) is 14.9. The molecule has 17 nitrogen and oxygen atoms in total. The molecule has 4 aromatic carbocycles. The predicted molar refractivity (Wildman–Crippen MR) is 170 cm³/mol. The molecule has 53 heavy (non-hydrogen) atoms. The van der Waals surface area contributed by atoms with Crippen LogP contribution in [-0.4, -0.2) is 71.5 Å². The lowest BCUT2D eigenvalue weighted by atomic mass is 9.76. The molecule has 4 unspecified atom stereocenters. The third kappa shape index (κ3) is 5.40. The van der Waals surface area contributed by atoms with Crippen LogP contribution in [0, 0.1) is 0 Å². The van der Waals surface area contributed by atoms with E-state index in [1.54, 1.807) is 0 Å². The van der Waals surface area contributed by atoms with Gasteiger partial charge in [-0.2, -0.15) is 0 Å². The molecule has 8 rings (SSSR count). The number of benzene rings is 4. The standard InChI is InChI=1S/C36H26O17/c37-31(38)29(17-1-5-21-25(9-17)49-13-45-21)35(43,19-3-7-23-27(11-19)51-15-47-23)33(41)53-34(42)36(44,20-4-8-24-28(12-20)52-16-48-24)30(32(39)40)18-2-6-22-26(10-18)50-14-46-22/h1-12,29-30,43-44H,13-16H2,(H,37,38)(H,39,40). The van der Waals surface area contributed by atoms with Crippen molar-refractivity contribution in [3.8, 4) is 46.0 Å². The van der Waals surface area contributed by atoms with Gasteiger partial charge in [0.2, 0.25) is 38.4 Å². The maximum absolute atomic E-state index is 14.5. The van der Waals surface area contributed by atoms with Crippen LogP contribution in [0.15, 0.2) is 72.8 Å². The van der Waals surface area contributed by atoms with Crippen LogP contribution in [-0.2, 0) is 35.1 Å². The highest BCUT2D eigenvalue weighted by molar-refractivity contribution is 6.01. The van der Waals surface area contributed by atoms with Gasteiger partial charge in [-0.05, 0) is 70.8 Å². The van der Waals surface area contributed by atoms with Gasteiger partial charge in [-0.1, -0.05) is 24.3 Å². The number of carboxylic acids is 2. The van der Waals surface area contributed by atoms with Crippen molar-refractivity contribution < 1.29 is 82.2 Å². The molecule has 0 amide bonds. The molecular weight excluding hydrogens is 704 g/mol. The number of aliphatic carboxylic acids is 2. The van der Waals surface area contributed by atoms with Crippen LogP contribution in [0.25, 0.3) is 0 Å². The first-order valence-electron chi connectivity index (χ1n) is 15.7. The van der Waals surface area contributed by atoms with Crippen LogP contribution in [0.3, 0.4) is 0 Å². The lowest BCUT2D eigenvalue weighted by molar-refractivity contribution is -0.194. The Kier molecular flexibility index (Phi) is 7.88. The molecule has 4 atom stereocenters. The number of carbonyl (C=O) groups excluding carboxylic acids is 2. The number of hydrogen-bond acceptors (Lipinski definition) is 15. The Balaban J connectivity index is 1.26. The Hall–Kier alpha value is -6.72. The van der Waals surface area contributed by atoms with Crippen LogP contribution >= 0.6 is 0 Å². The van der Waals surface area contributed by atoms with Crippen molar-refractivity contribution in [2.45, 2.75) is 23.0 Å². The molecule has 0 saturated carbocycles. The van der Waals surface area contributed by atoms with Gasteiger partial charge in [-0.3, -0.25) is 9.59 Å². The van der Waals surface area contributed by atoms with Crippen molar-refractivity contribution in [2.75, 3.05) is 27.2 Å². The zero-order valence-corrected chi connectivity index (χ0v) is 27.0. The van der Waals surface area contributed by atoms with Gasteiger partial charge in [0.1, 0.15) is 11.8 Å². The summed E-state index contributed by atoms with van der Waals surface area (Å²) < 4.78 is 48.1. The van der Waals surface area contributed by atoms with Gasteiger partial charge in [0.15, 0.2) is 46.0 Å². The van der Waals surface area contributed by atoms with E-state index in [2.05, 4.69) is 0 Å². The molecule has 272 valence electrons. The number of ether oxygens (including phenoxy) is 9. The van der Waals surface area contributed by atoms with Gasteiger partial charge in [0, 0.05) is 0 Å². The quantitative estimate of drug-likeness (QED) is 0.136. The minimum atomic E-state index is -3.26. The third-order valence-electron chi connectivity index (χ3n) is 9.22. The number of aliphatic hydroxyl groups is 2. The summed E-state index contributed by atoms with van der Waals surface area (Å²) in [4.78, 5) is 55.1. The number of fused-ring (bicyclic) bond motifs is 4. The second kappa shape index (κ2) is 12.5. The first-order chi connectivity index (χ1) is 25.5. The first-order valence-corrected chi connectivity index (χ1v) is 15.7. The minimum Gasteiger partial charge on any atom is -0.481 e. The maximum atomic E-state index is 14.5. The highest BCUT2D eigenvalue weighted by atomic mass is 16.7. The molecule has 0 aromatic heterocycles. The SMILES string of the molecule is O=C(O)C(c1ccc2c(c1)OCO2)C(O)(C(=O)OC(=O)C(O)(c1ccc2c(c1)OCO2)C(C(=O)O)c1ccc2c(c1)OCO2)c1ccc2c(c1)OCO2. The number of rotatable bonds is 10. The minimum absolute atomic E-state index is 0.0282. The number of esters is 2. The lowest BCUT2D eigenvalue weighted by Gasteiger charge is -2.35. The number of carbonyl (C=O) groups is 4. The van der Waals surface area contributed by atoms with Crippen LogP contribution in [0.4, 0.5) is 0 Å². The van der Waals surface area contributed by atoms with Crippen LogP contribution in [0.1, 0.15) is 34.1 Å². The Morgan fingerprint density at radius 1 is 0.472 bits per heavy atom. The molecule has 4 aliphatic heterocycles. The summed E-state index contributed by atoms with van der Waals surface area (Å²) in [6.45, 7) is -0.786. The lowest BCUT2D eigenvalue weighted by Crippen LogP contribution is -2.51. The van der Waals surface area contributed by atoms with Crippen molar-refractivity contribution in [1.29, 1.82) is 0 Å². The molecule has 4 aromatic rings. The van der Waals surface area contributed by atoms with E-state index in [0.29, 0.717) is 0 Å². The molecule has 0 aliphatic carbocycles. The molecule has 17 heteroatoms. The van der Waals surface area contributed by atoms with Crippen LogP contribution in [0.2, 0.25) is 0 Å². The van der Waals surface area contributed by atoms with E-state index >= 15 is 0 Å². The van der Waals surface area contributed by atoms with Gasteiger partial charge in [0.05, 0.1) is 0 Å². The summed E-state index contributed by atoms with van der Waals surface area (Å²) in [5.74, 6) is -10.5. The van der Waals surface area contributed by atoms with Gasteiger partial charge in [-0.15, -0.1) is 0 Å². The Bertz CT molecular complexity index is 2050. The summed E-state index contributed by atoms with van der Waals surface area (Å²) in [7, 11) is 0. The molecule has 0 radical (unpaired) electrons. The first kappa shape index (κ1) is 33.4. The monoisotopic (exact) mass is 730 g/mol. The zero-order chi connectivity index (χ0) is 37.1. The van der Waals surface area contributed by atoms with Gasteiger partial charge < -0.3 is 63.1 Å². The molecule has 0 fully saturated rings. The molecule has 0 spiro atoms. The van der Waals surface area contributed by atoms with Crippen molar-refractivity contribution in [3.63, 3.8) is 0 Å². The van der Waals surface area contributed by atoms with E-state index in [0.717, 1.165) is 12.1 Å². The number of hydrogen-bond donors (Lipinski definition) is 4. The van der Waals surface area contributed by atoms with Crippen LogP contribution in [0.5, 0.6) is 46.0 Å². The molecule has 4 N–H and O–H groups in total. The smallest absolute Gasteiger partial charge is 0.351 e. The summed E-state index contributed by atoms with van der Waals surface area (Å²) in [5, 5.41) is 46.1. The van der Waals surface area contributed by atoms with E-state index in [4.69, 9.17) is 42.6 Å². The van der Waals surface area contributed by atoms with Crippen molar-refractivity contribution >= 4 is 23.9 Å². The van der Waals surface area contributed by atoms with E-state index in [1.165, 1.54) is 60.7 Å². The van der Waals surface area contributed by atoms with E-state index in [1.807, 2.05) is 0 Å². The number of carboxylic acid groups (broad SMARTS) is 2. The van der Waals surface area contributed by atoms with Gasteiger partial charge >= 0.3 is 23.9 Å². The summed E-state index contributed by atoms with van der Waals surface area (Å²) >= 11 is 0. The average molecular weight is 731 g/mol. The Morgan fingerprint density at radius 2 is 0.774 bits per heavy atom. The molecular formula is C36H26O17. The molecule has 4 heterocycles. The van der Waals surface area contributed by atoms with Gasteiger partial charge in [-0.25, -0.2) is 9.59 Å². The highest BCUT2D eigenvalue weighted by Crippen LogP contribution is 2.48. The average Bonchev–Trinajstić information content (AvgIpc) is 3.97. The molecule has 0 saturated heterocycles. The predicted octanol–water partition coefficient (Wildman–Crippen LogP) is 2.48. The van der Waals surface area contributed by atoms with E-state index in [-0.39, 0.29) is 84.3 Å². The van der Waals surface area contributed by atoms with Crippen LogP contribution < -0.4 is 37.9 Å². The van der Waals surface area contributed by atoms with Gasteiger partial charge in [0.25, 0.3) is 0 Å². The summed E-state index contributed by atoms with van der Waals surface area (Å²) in [6.07, 6.45) is 0. The Labute approximate surface area is 297 Å². The van der Waals surface area contributed by atoms with Crippen molar-refractivity contribution in [2.24, 2.45) is 0 Å². The second-order valence-electron chi connectivity index (χ2n) is 12.1. The molecule has 4 aliphatic rings. The fraction of sp³-hybridized carbons (Fsp3) is 0.222. The van der Waals surface area contributed by atoms with E-state index in [9.17, 15) is 39.6 Å². The summed E-state index contributed by atoms with van der Waals surface area (Å²) in [5.41, 5.74) is -7.71. The fourth-order valence-corrected chi connectivity index (χ4v) is 6.62. The third-order valence-corrected chi connectivity index (χ3v) is 9.22. The van der Waals surface area contributed by atoms with E-state index < -0.39 is 58.0 Å². The van der Waals surface area contributed by atoms with Crippen molar-refractivity contribution in [1.82, 2.24) is 0 Å². The normalized spacial score (nSPS) is 17.6. The maximum Gasteiger partial charge on any atom is 0.351 e. The zero-order valence-electron chi connectivity index (χ0n) is 27.0. The highest BCUT2D eigenvalue weighted by Gasteiger charge is 2.58. The molecule has 0 bridgehead atoms. The second-order valence-corrected chi connectivity index (χ2v) is 12.1. The topological polar surface area (TPSA) is 232 Å². The largest absolute Gasteiger partial charge is 0.481 e.